The average Bonchev–Trinajstić information content (AvgIpc) is 2.99. The molecule has 0 bridgehead atoms. The molecule has 0 aromatic carbocycles. The molecule has 0 saturated heterocycles. The van der Waals surface area contributed by atoms with Crippen molar-refractivity contribution in [3.63, 3.8) is 0 Å². The van der Waals surface area contributed by atoms with Gasteiger partial charge < -0.3 is 15.3 Å². The van der Waals surface area contributed by atoms with Crippen LogP contribution in [0.2, 0.25) is 0 Å². The van der Waals surface area contributed by atoms with Crippen molar-refractivity contribution in [2.75, 3.05) is 5.75 Å². The second-order valence-corrected chi connectivity index (χ2v) is 12.7. The summed E-state index contributed by atoms with van der Waals surface area (Å²) >= 11 is 1.97. The molecule has 3 N–H and O–H groups in total. The van der Waals surface area contributed by atoms with Crippen molar-refractivity contribution in [1.82, 2.24) is 0 Å². The molecule has 0 aromatic heterocycles. The van der Waals surface area contributed by atoms with Gasteiger partial charge in [0, 0.05) is 17.1 Å². The number of thioether (sulfide) groups is 1. The summed E-state index contributed by atoms with van der Waals surface area (Å²) in [5.41, 5.74) is 3.75. The van der Waals surface area contributed by atoms with Crippen LogP contribution in [0.1, 0.15) is 73.1 Å². The van der Waals surface area contributed by atoms with Crippen LogP contribution in [-0.2, 0) is 0 Å². The molecule has 4 aliphatic rings. The smallest absolute Gasteiger partial charge is 0.0661 e. The van der Waals surface area contributed by atoms with Gasteiger partial charge in [0.15, 0.2) is 0 Å². The lowest BCUT2D eigenvalue weighted by Crippen LogP contribution is -2.52. The molecule has 2 saturated carbocycles. The first-order chi connectivity index (χ1) is 14.0. The molecule has 4 heteroatoms. The number of rotatable bonds is 5. The standard InChI is InChI=1S/C26H40O3S/c1-16(30-13-12-24(2,3)29)20-8-9-21-19-7-6-17-14-18(27)15-23(28)26(17,5)22(19)10-11-25(20,21)4/h6-8,16,18,21-23,27-29H,9-15H2,1-5H3/t16?,18-,21+,22+,23+,25-,26+/m1/s1. The highest BCUT2D eigenvalue weighted by Crippen LogP contribution is 2.64. The summed E-state index contributed by atoms with van der Waals surface area (Å²) in [4.78, 5) is 0. The fourth-order valence-electron chi connectivity index (χ4n) is 6.87. The summed E-state index contributed by atoms with van der Waals surface area (Å²) in [5.74, 6) is 1.90. The van der Waals surface area contributed by atoms with E-state index in [2.05, 4.69) is 39.0 Å². The van der Waals surface area contributed by atoms with E-state index in [0.29, 0.717) is 29.9 Å². The van der Waals surface area contributed by atoms with Gasteiger partial charge in [0.1, 0.15) is 0 Å². The monoisotopic (exact) mass is 432 g/mol. The van der Waals surface area contributed by atoms with E-state index in [1.807, 2.05) is 25.6 Å². The molecular weight excluding hydrogens is 392 g/mol. The van der Waals surface area contributed by atoms with E-state index in [1.54, 1.807) is 5.57 Å². The Balaban J connectivity index is 1.54. The largest absolute Gasteiger partial charge is 0.393 e. The molecule has 168 valence electrons. The van der Waals surface area contributed by atoms with E-state index in [9.17, 15) is 15.3 Å². The summed E-state index contributed by atoms with van der Waals surface area (Å²) in [7, 11) is 0. The van der Waals surface area contributed by atoms with Crippen molar-refractivity contribution in [3.05, 3.63) is 34.9 Å². The summed E-state index contributed by atoms with van der Waals surface area (Å²) < 4.78 is 0. The number of aliphatic hydroxyl groups is 3. The molecule has 4 aliphatic carbocycles. The van der Waals surface area contributed by atoms with Gasteiger partial charge in [0.25, 0.3) is 0 Å². The van der Waals surface area contributed by atoms with Gasteiger partial charge in [-0.25, -0.2) is 0 Å². The second-order valence-electron chi connectivity index (χ2n) is 11.3. The van der Waals surface area contributed by atoms with Crippen molar-refractivity contribution in [3.8, 4) is 0 Å². The van der Waals surface area contributed by atoms with E-state index in [1.165, 1.54) is 17.6 Å². The highest BCUT2D eigenvalue weighted by molar-refractivity contribution is 8.00. The molecule has 4 rings (SSSR count). The molecule has 0 amide bonds. The lowest BCUT2D eigenvalue weighted by atomic mass is 9.50. The molecule has 0 aliphatic heterocycles. The number of hydrogen-bond donors (Lipinski definition) is 3. The van der Waals surface area contributed by atoms with E-state index >= 15 is 0 Å². The molecule has 0 heterocycles. The molecule has 30 heavy (non-hydrogen) atoms. The van der Waals surface area contributed by atoms with Gasteiger partial charge in [0.05, 0.1) is 17.8 Å². The Hall–Kier alpha value is -0.550. The Morgan fingerprint density at radius 2 is 1.93 bits per heavy atom. The molecule has 3 nitrogen and oxygen atoms in total. The highest BCUT2D eigenvalue weighted by Gasteiger charge is 2.57. The fourth-order valence-corrected chi connectivity index (χ4v) is 8.39. The Kier molecular flexibility index (Phi) is 5.88. The SMILES string of the molecule is CC(SCCC(C)(C)O)C1=CC[C@H]2C3=CC=C4C[C@@H](O)C[C@H](O)[C@]4(C)[C@H]3CC[C@]12C. The Morgan fingerprint density at radius 1 is 1.20 bits per heavy atom. The maximum absolute atomic E-state index is 11.0. The normalized spacial score (nSPS) is 41.8. The lowest BCUT2D eigenvalue weighted by Gasteiger charge is -2.56. The summed E-state index contributed by atoms with van der Waals surface area (Å²) in [5, 5.41) is 31.7. The number of fused-ring (bicyclic) bond motifs is 5. The summed E-state index contributed by atoms with van der Waals surface area (Å²) in [6.07, 6.45) is 11.6. The summed E-state index contributed by atoms with van der Waals surface area (Å²) in [6, 6.07) is 0. The van der Waals surface area contributed by atoms with Crippen LogP contribution in [0.4, 0.5) is 0 Å². The van der Waals surface area contributed by atoms with Gasteiger partial charge >= 0.3 is 0 Å². The zero-order chi connectivity index (χ0) is 21.9. The minimum Gasteiger partial charge on any atom is -0.393 e. The van der Waals surface area contributed by atoms with Crippen LogP contribution in [0.5, 0.6) is 0 Å². The lowest BCUT2D eigenvalue weighted by molar-refractivity contribution is -0.0489. The molecular formula is C26H40O3S. The van der Waals surface area contributed by atoms with Crippen molar-refractivity contribution in [2.45, 2.75) is 96.2 Å². The third-order valence-electron chi connectivity index (χ3n) is 8.81. The quantitative estimate of drug-likeness (QED) is 0.534. The second kappa shape index (κ2) is 7.79. The van der Waals surface area contributed by atoms with Crippen molar-refractivity contribution in [1.29, 1.82) is 0 Å². The first-order valence-electron chi connectivity index (χ1n) is 11.8. The van der Waals surface area contributed by atoms with E-state index < -0.39 is 17.8 Å². The number of hydrogen-bond acceptors (Lipinski definition) is 4. The van der Waals surface area contributed by atoms with Gasteiger partial charge in [-0.15, -0.1) is 0 Å². The molecule has 0 radical (unpaired) electrons. The summed E-state index contributed by atoms with van der Waals surface area (Å²) in [6.45, 7) is 10.8. The zero-order valence-corrected chi connectivity index (χ0v) is 20.1. The van der Waals surface area contributed by atoms with Crippen molar-refractivity contribution >= 4 is 11.8 Å². The third kappa shape index (κ3) is 3.66. The Bertz CT molecular complexity index is 776. The maximum Gasteiger partial charge on any atom is 0.0661 e. The van der Waals surface area contributed by atoms with Crippen molar-refractivity contribution in [2.24, 2.45) is 22.7 Å². The van der Waals surface area contributed by atoms with Crippen LogP contribution in [0.15, 0.2) is 34.9 Å². The highest BCUT2D eigenvalue weighted by atomic mass is 32.2. The fraction of sp³-hybridized carbons (Fsp3) is 0.769. The first kappa shape index (κ1) is 22.6. The van der Waals surface area contributed by atoms with Crippen LogP contribution >= 0.6 is 11.8 Å². The third-order valence-corrected chi connectivity index (χ3v) is 10.0. The van der Waals surface area contributed by atoms with Gasteiger partial charge in [-0.2, -0.15) is 11.8 Å². The first-order valence-corrected chi connectivity index (χ1v) is 12.8. The number of allylic oxidation sites excluding steroid dienone is 4. The molecule has 2 fully saturated rings. The van der Waals surface area contributed by atoms with Crippen molar-refractivity contribution < 1.29 is 15.3 Å². The zero-order valence-electron chi connectivity index (χ0n) is 19.3. The Labute approximate surface area is 186 Å². The van der Waals surface area contributed by atoms with E-state index in [4.69, 9.17) is 0 Å². The van der Waals surface area contributed by atoms with Crippen LogP contribution in [-0.4, -0.2) is 44.1 Å². The van der Waals surface area contributed by atoms with Gasteiger partial charge in [-0.1, -0.05) is 48.8 Å². The minimum atomic E-state index is -0.595. The van der Waals surface area contributed by atoms with E-state index in [0.717, 1.165) is 25.0 Å². The van der Waals surface area contributed by atoms with Gasteiger partial charge in [0.2, 0.25) is 0 Å². The molecule has 7 atom stereocenters. The topological polar surface area (TPSA) is 60.7 Å². The Morgan fingerprint density at radius 3 is 2.63 bits per heavy atom. The maximum atomic E-state index is 11.0. The van der Waals surface area contributed by atoms with Crippen LogP contribution in [0.3, 0.4) is 0 Å². The van der Waals surface area contributed by atoms with Crippen LogP contribution < -0.4 is 0 Å². The molecule has 0 aromatic rings. The predicted octanol–water partition coefficient (Wildman–Crippen LogP) is 5.02. The van der Waals surface area contributed by atoms with E-state index in [-0.39, 0.29) is 10.8 Å². The molecule has 1 unspecified atom stereocenters. The number of aliphatic hydroxyl groups excluding tert-OH is 2. The van der Waals surface area contributed by atoms with Crippen LogP contribution in [0, 0.1) is 22.7 Å². The van der Waals surface area contributed by atoms with Crippen LogP contribution in [0.25, 0.3) is 0 Å². The van der Waals surface area contributed by atoms with Gasteiger partial charge in [-0.05, 0) is 75.9 Å². The molecule has 0 spiro atoms. The van der Waals surface area contributed by atoms with Gasteiger partial charge in [-0.3, -0.25) is 0 Å². The minimum absolute atomic E-state index is 0.199. The average molecular weight is 433 g/mol. The predicted molar refractivity (Wildman–Crippen MR) is 125 cm³/mol.